The predicted octanol–water partition coefficient (Wildman–Crippen LogP) is 2.26. The summed E-state index contributed by atoms with van der Waals surface area (Å²) in [7, 11) is 0. The second-order valence-corrected chi connectivity index (χ2v) is 5.75. The fourth-order valence-corrected chi connectivity index (χ4v) is 2.92. The number of nitrogens with zero attached hydrogens (tertiary/aromatic N) is 3. The summed E-state index contributed by atoms with van der Waals surface area (Å²) < 4.78 is 8.53. The van der Waals surface area contributed by atoms with Crippen molar-refractivity contribution < 1.29 is 9.53 Å². The molecule has 3 rings (SSSR count). The van der Waals surface area contributed by atoms with Crippen molar-refractivity contribution in [2.75, 3.05) is 6.61 Å². The van der Waals surface area contributed by atoms with Gasteiger partial charge in [-0.05, 0) is 37.3 Å². The molecule has 0 saturated carbocycles. The standard InChI is InChI=1S/C16H15N3O3S/c1-12-11-23-16(21)18(12)9-10-22-15(20)13-3-5-14(6-4-13)19-8-2-7-17-19/h2-8,11H,9-10H2,1H3. The van der Waals surface area contributed by atoms with Crippen molar-refractivity contribution in [2.24, 2.45) is 0 Å². The third-order valence-corrected chi connectivity index (χ3v) is 4.28. The van der Waals surface area contributed by atoms with Gasteiger partial charge in [0.05, 0.1) is 17.8 Å². The molecule has 0 amide bonds. The zero-order chi connectivity index (χ0) is 16.2. The van der Waals surface area contributed by atoms with Crippen LogP contribution < -0.4 is 4.87 Å². The van der Waals surface area contributed by atoms with E-state index in [0.29, 0.717) is 12.1 Å². The van der Waals surface area contributed by atoms with Gasteiger partial charge in [-0.1, -0.05) is 11.3 Å². The van der Waals surface area contributed by atoms with Crippen molar-refractivity contribution in [3.8, 4) is 5.69 Å². The van der Waals surface area contributed by atoms with Gasteiger partial charge < -0.3 is 4.74 Å². The number of aryl methyl sites for hydroxylation is 1. The maximum Gasteiger partial charge on any atom is 0.338 e. The highest BCUT2D eigenvalue weighted by Crippen LogP contribution is 2.10. The van der Waals surface area contributed by atoms with E-state index in [-0.39, 0.29) is 11.5 Å². The SMILES string of the molecule is Cc1csc(=O)n1CCOC(=O)c1ccc(-n2cccn2)cc1. The van der Waals surface area contributed by atoms with Gasteiger partial charge >= 0.3 is 10.8 Å². The Balaban J connectivity index is 1.59. The Labute approximate surface area is 136 Å². The number of benzene rings is 1. The minimum absolute atomic E-state index is 0.0397. The number of esters is 1. The van der Waals surface area contributed by atoms with Gasteiger partial charge in [-0.15, -0.1) is 0 Å². The van der Waals surface area contributed by atoms with Crippen LogP contribution in [0.2, 0.25) is 0 Å². The molecule has 1 aromatic carbocycles. The molecule has 2 aromatic heterocycles. The molecule has 7 heteroatoms. The molecule has 0 unspecified atom stereocenters. The first-order chi connectivity index (χ1) is 11.1. The van der Waals surface area contributed by atoms with Crippen molar-refractivity contribution >= 4 is 17.3 Å². The molecule has 0 aliphatic heterocycles. The molecule has 0 spiro atoms. The van der Waals surface area contributed by atoms with E-state index in [0.717, 1.165) is 22.7 Å². The van der Waals surface area contributed by atoms with Crippen LogP contribution >= 0.6 is 11.3 Å². The smallest absolute Gasteiger partial charge is 0.338 e. The second kappa shape index (κ2) is 6.62. The van der Waals surface area contributed by atoms with E-state index in [9.17, 15) is 9.59 Å². The van der Waals surface area contributed by atoms with E-state index in [2.05, 4.69) is 5.10 Å². The van der Waals surface area contributed by atoms with E-state index in [1.165, 1.54) is 0 Å². The maximum atomic E-state index is 12.0. The van der Waals surface area contributed by atoms with Gasteiger partial charge in [0.15, 0.2) is 0 Å². The van der Waals surface area contributed by atoms with Gasteiger partial charge in [0.2, 0.25) is 0 Å². The zero-order valence-corrected chi connectivity index (χ0v) is 13.3. The van der Waals surface area contributed by atoms with Crippen LogP contribution in [0.15, 0.2) is 52.9 Å². The summed E-state index contributed by atoms with van der Waals surface area (Å²) in [6.45, 7) is 2.39. The first kappa shape index (κ1) is 15.2. The normalized spacial score (nSPS) is 10.7. The minimum Gasteiger partial charge on any atom is -0.460 e. The number of hydrogen-bond donors (Lipinski definition) is 0. The summed E-state index contributed by atoms with van der Waals surface area (Å²) >= 11 is 1.15. The molecule has 0 saturated heterocycles. The Hall–Kier alpha value is -2.67. The van der Waals surface area contributed by atoms with Gasteiger partial charge in [-0.3, -0.25) is 9.36 Å². The van der Waals surface area contributed by atoms with Crippen LogP contribution in [0.4, 0.5) is 0 Å². The molecule has 0 bridgehead atoms. The van der Waals surface area contributed by atoms with Crippen LogP contribution in [0.1, 0.15) is 16.1 Å². The number of carbonyl (C=O) groups is 1. The first-order valence-corrected chi connectivity index (χ1v) is 7.95. The van der Waals surface area contributed by atoms with Gasteiger partial charge in [-0.2, -0.15) is 5.10 Å². The molecule has 0 fully saturated rings. The van der Waals surface area contributed by atoms with Crippen LogP contribution in [-0.4, -0.2) is 26.9 Å². The maximum absolute atomic E-state index is 12.0. The number of hydrogen-bond acceptors (Lipinski definition) is 5. The molecule has 3 aromatic rings. The van der Waals surface area contributed by atoms with Crippen LogP contribution in [-0.2, 0) is 11.3 Å². The fourth-order valence-electron chi connectivity index (χ4n) is 2.16. The lowest BCUT2D eigenvalue weighted by Gasteiger charge is -2.07. The first-order valence-electron chi connectivity index (χ1n) is 7.07. The summed E-state index contributed by atoms with van der Waals surface area (Å²) in [5, 5.41) is 5.91. The quantitative estimate of drug-likeness (QED) is 0.674. The highest BCUT2D eigenvalue weighted by molar-refractivity contribution is 7.07. The van der Waals surface area contributed by atoms with Crippen LogP contribution in [0.5, 0.6) is 0 Å². The molecule has 0 atom stereocenters. The molecule has 0 aliphatic carbocycles. The lowest BCUT2D eigenvalue weighted by Crippen LogP contribution is -2.19. The van der Waals surface area contributed by atoms with Gasteiger partial charge in [0, 0.05) is 23.5 Å². The molecule has 6 nitrogen and oxygen atoms in total. The summed E-state index contributed by atoms with van der Waals surface area (Å²) in [5.74, 6) is -0.405. The summed E-state index contributed by atoms with van der Waals surface area (Å²) in [6, 6.07) is 8.83. The van der Waals surface area contributed by atoms with E-state index in [1.807, 2.05) is 19.2 Å². The van der Waals surface area contributed by atoms with Crippen molar-refractivity contribution in [3.63, 3.8) is 0 Å². The highest BCUT2D eigenvalue weighted by Gasteiger charge is 2.09. The van der Waals surface area contributed by atoms with E-state index >= 15 is 0 Å². The fraction of sp³-hybridized carbons (Fsp3) is 0.188. The summed E-state index contributed by atoms with van der Waals surface area (Å²) in [6.07, 6.45) is 3.52. The molecule has 2 heterocycles. The largest absolute Gasteiger partial charge is 0.460 e. The summed E-state index contributed by atoms with van der Waals surface area (Å²) in [4.78, 5) is 23.5. The molecular weight excluding hydrogens is 314 g/mol. The summed E-state index contributed by atoms with van der Waals surface area (Å²) in [5.41, 5.74) is 2.21. The average molecular weight is 329 g/mol. The van der Waals surface area contributed by atoms with E-state index in [1.54, 1.807) is 45.1 Å². The van der Waals surface area contributed by atoms with E-state index < -0.39 is 5.97 Å². The molecular formula is C16H15N3O3S. The van der Waals surface area contributed by atoms with E-state index in [4.69, 9.17) is 4.74 Å². The Morgan fingerprint density at radius 1 is 1.30 bits per heavy atom. The average Bonchev–Trinajstić information content (AvgIpc) is 3.20. The number of carbonyl (C=O) groups excluding carboxylic acids is 1. The third-order valence-electron chi connectivity index (χ3n) is 3.40. The highest BCUT2D eigenvalue weighted by atomic mass is 32.1. The topological polar surface area (TPSA) is 66.1 Å². The van der Waals surface area contributed by atoms with Crippen molar-refractivity contribution in [1.82, 2.24) is 14.3 Å². The molecule has 0 aliphatic rings. The zero-order valence-electron chi connectivity index (χ0n) is 12.5. The number of aromatic nitrogens is 3. The Morgan fingerprint density at radius 3 is 2.70 bits per heavy atom. The van der Waals surface area contributed by atoms with Crippen LogP contribution in [0, 0.1) is 6.92 Å². The Bertz CT molecular complexity index is 848. The van der Waals surface area contributed by atoms with Crippen LogP contribution in [0.25, 0.3) is 5.69 Å². The lowest BCUT2D eigenvalue weighted by atomic mass is 10.2. The van der Waals surface area contributed by atoms with Gasteiger partial charge in [-0.25, -0.2) is 9.48 Å². The monoisotopic (exact) mass is 329 g/mol. The molecule has 118 valence electrons. The Kier molecular flexibility index (Phi) is 4.38. The number of rotatable bonds is 5. The van der Waals surface area contributed by atoms with Gasteiger partial charge in [0.25, 0.3) is 0 Å². The van der Waals surface area contributed by atoms with Crippen molar-refractivity contribution in [3.05, 3.63) is 69.0 Å². The number of thiazole rings is 1. The molecule has 0 radical (unpaired) electrons. The third kappa shape index (κ3) is 3.40. The molecule has 23 heavy (non-hydrogen) atoms. The Morgan fingerprint density at radius 2 is 2.09 bits per heavy atom. The second-order valence-electron chi connectivity index (χ2n) is 4.93. The van der Waals surface area contributed by atoms with Crippen molar-refractivity contribution in [2.45, 2.75) is 13.5 Å². The lowest BCUT2D eigenvalue weighted by molar-refractivity contribution is 0.0490. The molecule has 0 N–H and O–H groups in total. The van der Waals surface area contributed by atoms with Crippen LogP contribution in [0.3, 0.4) is 0 Å². The minimum atomic E-state index is -0.405. The van der Waals surface area contributed by atoms with Gasteiger partial charge in [0.1, 0.15) is 6.61 Å². The predicted molar refractivity (Wildman–Crippen MR) is 87.2 cm³/mol. The number of ether oxygens (including phenoxy) is 1. The van der Waals surface area contributed by atoms with Crippen molar-refractivity contribution in [1.29, 1.82) is 0 Å².